The van der Waals surface area contributed by atoms with Crippen molar-refractivity contribution in [3.05, 3.63) is 65.9 Å². The number of aryl methyl sites for hydroxylation is 2. The van der Waals surface area contributed by atoms with Crippen LogP contribution in [0, 0.1) is 5.92 Å². The second kappa shape index (κ2) is 9.87. The van der Waals surface area contributed by atoms with Gasteiger partial charge in [0.25, 0.3) is 5.91 Å². The van der Waals surface area contributed by atoms with Crippen molar-refractivity contribution in [3.8, 4) is 0 Å². The Balaban J connectivity index is 1.44. The number of aromatic nitrogens is 4. The van der Waals surface area contributed by atoms with E-state index in [-0.39, 0.29) is 11.9 Å². The van der Waals surface area contributed by atoms with Crippen LogP contribution in [0.15, 0.2) is 53.1 Å². The maximum Gasteiger partial charge on any atom is 0.289 e. The predicted molar refractivity (Wildman–Crippen MR) is 116 cm³/mol. The maximum atomic E-state index is 12.6. The van der Waals surface area contributed by atoms with E-state index in [9.17, 15) is 4.79 Å². The normalized spacial score (nSPS) is 16.0. The molecule has 1 saturated heterocycles. The molecule has 3 aromatic rings. The second-order valence-corrected chi connectivity index (χ2v) is 8.45. The number of hydrogen-bond donors (Lipinski definition) is 0. The van der Waals surface area contributed by atoms with Crippen molar-refractivity contribution >= 4 is 5.91 Å². The minimum absolute atomic E-state index is 0.0437. The summed E-state index contributed by atoms with van der Waals surface area (Å²) in [6.07, 6.45) is 3.40. The molecule has 8 heteroatoms. The van der Waals surface area contributed by atoms with Crippen LogP contribution in [-0.2, 0) is 13.0 Å². The van der Waals surface area contributed by atoms with Gasteiger partial charge in [-0.3, -0.25) is 9.69 Å². The zero-order chi connectivity index (χ0) is 21.6. The third-order valence-electron chi connectivity index (χ3n) is 5.78. The van der Waals surface area contributed by atoms with Gasteiger partial charge >= 0.3 is 0 Å². The Kier molecular flexibility index (Phi) is 6.76. The van der Waals surface area contributed by atoms with Crippen molar-refractivity contribution in [2.75, 3.05) is 26.2 Å². The molecule has 0 bridgehead atoms. The summed E-state index contributed by atoms with van der Waals surface area (Å²) in [5, 5.41) is 12.7. The van der Waals surface area contributed by atoms with Crippen LogP contribution < -0.4 is 0 Å². The van der Waals surface area contributed by atoms with E-state index < -0.39 is 0 Å². The zero-order valence-corrected chi connectivity index (χ0v) is 18.2. The summed E-state index contributed by atoms with van der Waals surface area (Å²) in [6, 6.07) is 14.0. The Morgan fingerprint density at radius 2 is 1.84 bits per heavy atom. The average Bonchev–Trinajstić information content (AvgIpc) is 3.49. The van der Waals surface area contributed by atoms with E-state index in [2.05, 4.69) is 58.5 Å². The number of piperazine rings is 1. The lowest BCUT2D eigenvalue weighted by Crippen LogP contribution is -2.50. The molecule has 1 aliphatic rings. The van der Waals surface area contributed by atoms with Gasteiger partial charge in [0, 0.05) is 32.7 Å². The van der Waals surface area contributed by atoms with Gasteiger partial charge in [-0.05, 0) is 46.9 Å². The average molecular weight is 423 g/mol. The van der Waals surface area contributed by atoms with Gasteiger partial charge in [0.05, 0.1) is 12.3 Å². The molecule has 2 aromatic heterocycles. The molecule has 1 aliphatic heterocycles. The van der Waals surface area contributed by atoms with Gasteiger partial charge in [-0.15, -0.1) is 5.10 Å². The predicted octanol–water partition coefficient (Wildman–Crippen LogP) is 3.05. The van der Waals surface area contributed by atoms with Gasteiger partial charge in [0.2, 0.25) is 0 Å². The van der Waals surface area contributed by atoms with Crippen LogP contribution >= 0.6 is 0 Å². The fourth-order valence-electron chi connectivity index (χ4n) is 4.15. The van der Waals surface area contributed by atoms with E-state index in [0.29, 0.717) is 24.8 Å². The molecule has 0 N–H and O–H groups in total. The molecule has 0 spiro atoms. The Hall–Kier alpha value is -3.00. The number of carbonyl (C=O) groups is 1. The molecule has 1 atom stereocenters. The van der Waals surface area contributed by atoms with E-state index >= 15 is 0 Å². The summed E-state index contributed by atoms with van der Waals surface area (Å²) >= 11 is 0. The van der Waals surface area contributed by atoms with Crippen LogP contribution in [0.1, 0.15) is 48.3 Å². The first-order chi connectivity index (χ1) is 15.1. The first kappa shape index (κ1) is 21.2. The zero-order valence-electron chi connectivity index (χ0n) is 18.2. The summed E-state index contributed by atoms with van der Waals surface area (Å²) in [7, 11) is 0. The van der Waals surface area contributed by atoms with E-state index in [4.69, 9.17) is 4.42 Å². The minimum Gasteiger partial charge on any atom is -0.459 e. The highest BCUT2D eigenvalue weighted by Crippen LogP contribution is 2.27. The van der Waals surface area contributed by atoms with Gasteiger partial charge < -0.3 is 9.32 Å². The fourth-order valence-corrected chi connectivity index (χ4v) is 4.15. The molecule has 4 rings (SSSR count). The van der Waals surface area contributed by atoms with Gasteiger partial charge in [0.15, 0.2) is 11.6 Å². The number of nitrogens with zero attached hydrogens (tertiary/aromatic N) is 6. The highest BCUT2D eigenvalue weighted by atomic mass is 16.3. The lowest BCUT2D eigenvalue weighted by molar-refractivity contribution is 0.0500. The number of amides is 1. The first-order valence-corrected chi connectivity index (χ1v) is 11.0. The summed E-state index contributed by atoms with van der Waals surface area (Å²) in [5.74, 6) is 1.78. The Morgan fingerprint density at radius 1 is 1.06 bits per heavy atom. The molecule has 1 amide bonds. The van der Waals surface area contributed by atoms with E-state index in [1.54, 1.807) is 12.1 Å². The minimum atomic E-state index is -0.0437. The maximum absolute atomic E-state index is 12.6. The second-order valence-electron chi connectivity index (χ2n) is 8.45. The lowest BCUT2D eigenvalue weighted by Gasteiger charge is -2.39. The monoisotopic (exact) mass is 422 g/mol. The van der Waals surface area contributed by atoms with Gasteiger partial charge in [-0.2, -0.15) is 0 Å². The van der Waals surface area contributed by atoms with Gasteiger partial charge in [-0.1, -0.05) is 44.2 Å². The number of furan rings is 1. The first-order valence-electron chi connectivity index (χ1n) is 11.0. The van der Waals surface area contributed by atoms with Crippen molar-refractivity contribution in [2.24, 2.45) is 5.92 Å². The van der Waals surface area contributed by atoms with Crippen molar-refractivity contribution in [3.63, 3.8) is 0 Å². The summed E-state index contributed by atoms with van der Waals surface area (Å²) in [5.41, 5.74) is 1.27. The summed E-state index contributed by atoms with van der Waals surface area (Å²) in [6.45, 7) is 8.10. The van der Waals surface area contributed by atoms with Gasteiger partial charge in [0.1, 0.15) is 0 Å². The molecule has 0 radical (unpaired) electrons. The molecule has 0 saturated carbocycles. The number of carbonyl (C=O) groups excluding carboxylic acids is 1. The molecule has 0 aliphatic carbocycles. The smallest absolute Gasteiger partial charge is 0.289 e. The number of rotatable bonds is 8. The SMILES string of the molecule is CC(C)C[C@@H](c1nnnn1CCc1ccccc1)N1CCN(C(=O)c2ccco2)CC1. The van der Waals surface area contributed by atoms with Crippen molar-refractivity contribution < 1.29 is 9.21 Å². The van der Waals surface area contributed by atoms with Crippen molar-refractivity contribution in [2.45, 2.75) is 39.3 Å². The third kappa shape index (κ3) is 5.19. The number of tetrazole rings is 1. The Labute approximate surface area is 182 Å². The molecule has 0 unspecified atom stereocenters. The fraction of sp³-hybridized carbons (Fsp3) is 0.478. The molecule has 3 heterocycles. The molecule has 1 aromatic carbocycles. The molecule has 1 fully saturated rings. The van der Waals surface area contributed by atoms with Gasteiger partial charge in [-0.25, -0.2) is 4.68 Å². The number of benzene rings is 1. The van der Waals surface area contributed by atoms with Crippen molar-refractivity contribution in [1.29, 1.82) is 0 Å². The Bertz CT molecular complexity index is 946. The summed E-state index contributed by atoms with van der Waals surface area (Å²) < 4.78 is 7.22. The van der Waals surface area contributed by atoms with Crippen LogP contribution in [0.2, 0.25) is 0 Å². The van der Waals surface area contributed by atoms with E-state index in [1.807, 2.05) is 15.6 Å². The molecular weight excluding hydrogens is 392 g/mol. The van der Waals surface area contributed by atoms with Crippen LogP contribution in [-0.4, -0.2) is 62.1 Å². The van der Waals surface area contributed by atoms with Crippen molar-refractivity contribution in [1.82, 2.24) is 30.0 Å². The lowest BCUT2D eigenvalue weighted by atomic mass is 10.0. The highest BCUT2D eigenvalue weighted by molar-refractivity contribution is 5.91. The standard InChI is InChI=1S/C23H30N6O2/c1-18(2)17-20(22-24-25-26-29(22)11-10-19-7-4-3-5-8-19)27-12-14-28(15-13-27)23(30)21-9-6-16-31-21/h3-9,16,18,20H,10-15,17H2,1-2H3/t20-/m0/s1. The molecule has 164 valence electrons. The largest absolute Gasteiger partial charge is 0.459 e. The van der Waals surface area contributed by atoms with Crippen LogP contribution in [0.5, 0.6) is 0 Å². The van der Waals surface area contributed by atoms with Crippen LogP contribution in [0.25, 0.3) is 0 Å². The quantitative estimate of drug-likeness (QED) is 0.555. The van der Waals surface area contributed by atoms with Crippen LogP contribution in [0.4, 0.5) is 0 Å². The summed E-state index contributed by atoms with van der Waals surface area (Å²) in [4.78, 5) is 16.9. The molecule has 31 heavy (non-hydrogen) atoms. The van der Waals surface area contributed by atoms with Crippen LogP contribution in [0.3, 0.4) is 0 Å². The highest BCUT2D eigenvalue weighted by Gasteiger charge is 2.31. The number of hydrogen-bond acceptors (Lipinski definition) is 6. The third-order valence-corrected chi connectivity index (χ3v) is 5.78. The molecular formula is C23H30N6O2. The topological polar surface area (TPSA) is 80.3 Å². The van der Waals surface area contributed by atoms with E-state index in [0.717, 1.165) is 38.3 Å². The van der Waals surface area contributed by atoms with E-state index in [1.165, 1.54) is 11.8 Å². The molecule has 8 nitrogen and oxygen atoms in total. The Morgan fingerprint density at radius 3 is 2.52 bits per heavy atom.